The molecule has 1 aliphatic heterocycles. The Morgan fingerprint density at radius 3 is 2.44 bits per heavy atom. The van der Waals surface area contributed by atoms with Crippen molar-refractivity contribution in [2.24, 2.45) is 11.8 Å². The molecule has 1 aromatic heterocycles. The molecular formula is C26H34N4O3S. The Balaban J connectivity index is 1.85. The maximum absolute atomic E-state index is 13.6. The molecule has 3 amide bonds. The van der Waals surface area contributed by atoms with Gasteiger partial charge in [0.15, 0.2) is 0 Å². The summed E-state index contributed by atoms with van der Waals surface area (Å²) in [6, 6.07) is 12.2. The molecule has 8 heteroatoms. The molecule has 2 N–H and O–H groups in total. The highest BCUT2D eigenvalue weighted by atomic mass is 32.1. The zero-order chi connectivity index (χ0) is 24.7. The third-order valence-corrected chi connectivity index (χ3v) is 7.16. The number of benzene rings is 1. The van der Waals surface area contributed by atoms with E-state index in [1.165, 1.54) is 0 Å². The van der Waals surface area contributed by atoms with Gasteiger partial charge in [-0.3, -0.25) is 19.4 Å². The second-order valence-corrected chi connectivity index (χ2v) is 9.70. The van der Waals surface area contributed by atoms with E-state index in [1.54, 1.807) is 30.4 Å². The largest absolute Gasteiger partial charge is 0.357 e. The number of hydrogen-bond donors (Lipinski definition) is 3. The van der Waals surface area contributed by atoms with Crippen LogP contribution in [0.5, 0.6) is 0 Å². The number of carbonyl (C=O) groups excluding carboxylic acids is 3. The molecule has 0 aliphatic carbocycles. The third-order valence-electron chi connectivity index (χ3n) is 6.34. The summed E-state index contributed by atoms with van der Waals surface area (Å²) in [6.45, 7) is 4.38. The van der Waals surface area contributed by atoms with Crippen molar-refractivity contribution in [3.63, 3.8) is 0 Å². The number of nitrogens with zero attached hydrogens (tertiary/aromatic N) is 2. The minimum absolute atomic E-state index is 0.0388. The van der Waals surface area contributed by atoms with Crippen LogP contribution in [0.2, 0.25) is 0 Å². The third kappa shape index (κ3) is 6.38. The quantitative estimate of drug-likeness (QED) is 0.478. The summed E-state index contributed by atoms with van der Waals surface area (Å²) in [6.07, 6.45) is 5.04. The van der Waals surface area contributed by atoms with Gasteiger partial charge in [-0.15, -0.1) is 0 Å². The van der Waals surface area contributed by atoms with Crippen LogP contribution in [-0.2, 0) is 27.2 Å². The molecule has 0 radical (unpaired) electrons. The van der Waals surface area contributed by atoms with Gasteiger partial charge in [0, 0.05) is 32.4 Å². The summed E-state index contributed by atoms with van der Waals surface area (Å²) in [5, 5.41) is 5.07. The highest BCUT2D eigenvalue weighted by molar-refractivity contribution is 7.81. The normalized spacial score (nSPS) is 19.5. The molecule has 3 rings (SSSR count). The molecule has 0 spiro atoms. The second-order valence-electron chi connectivity index (χ2n) is 9.14. The van der Waals surface area contributed by atoms with Crippen molar-refractivity contribution in [3.05, 3.63) is 66.0 Å². The maximum atomic E-state index is 13.6. The number of nitrogens with one attached hydrogen (secondary N) is 2. The Bertz CT molecular complexity index is 971. The first-order valence-corrected chi connectivity index (χ1v) is 12.3. The van der Waals surface area contributed by atoms with E-state index in [4.69, 9.17) is 0 Å². The fourth-order valence-corrected chi connectivity index (χ4v) is 4.59. The van der Waals surface area contributed by atoms with E-state index in [1.807, 2.05) is 50.2 Å². The predicted molar refractivity (Wildman–Crippen MR) is 135 cm³/mol. The fraction of sp³-hybridized carbons (Fsp3) is 0.462. The zero-order valence-corrected chi connectivity index (χ0v) is 20.9. The van der Waals surface area contributed by atoms with Gasteiger partial charge in [0.1, 0.15) is 12.1 Å². The van der Waals surface area contributed by atoms with E-state index < -0.39 is 17.3 Å². The van der Waals surface area contributed by atoms with Crippen LogP contribution >= 0.6 is 12.6 Å². The average Bonchev–Trinajstić information content (AvgIpc) is 3.26. The molecule has 0 bridgehead atoms. The minimum atomic E-state index is -0.770. The molecule has 1 saturated heterocycles. The van der Waals surface area contributed by atoms with E-state index in [0.717, 1.165) is 11.1 Å². The van der Waals surface area contributed by atoms with Crippen molar-refractivity contribution in [1.82, 2.24) is 20.5 Å². The first-order valence-electron chi connectivity index (χ1n) is 11.7. The van der Waals surface area contributed by atoms with Crippen LogP contribution in [0, 0.1) is 11.8 Å². The minimum Gasteiger partial charge on any atom is -0.357 e. The predicted octanol–water partition coefficient (Wildman–Crippen LogP) is 2.27. The number of aromatic nitrogens is 1. The number of thiol groups is 1. The lowest BCUT2D eigenvalue weighted by molar-refractivity contribution is -0.140. The van der Waals surface area contributed by atoms with Gasteiger partial charge in [0.05, 0.1) is 5.25 Å². The molecule has 0 unspecified atom stereocenters. The van der Waals surface area contributed by atoms with E-state index in [-0.39, 0.29) is 29.6 Å². The summed E-state index contributed by atoms with van der Waals surface area (Å²) < 4.78 is 0. The molecule has 4 atom stereocenters. The molecule has 1 aromatic carbocycles. The first-order chi connectivity index (χ1) is 16.3. The zero-order valence-electron chi connectivity index (χ0n) is 20.0. The Kier molecular flexibility index (Phi) is 9.10. The molecule has 7 nitrogen and oxygen atoms in total. The van der Waals surface area contributed by atoms with Gasteiger partial charge >= 0.3 is 0 Å². The smallest absolute Gasteiger partial charge is 0.243 e. The summed E-state index contributed by atoms with van der Waals surface area (Å²) >= 11 is 4.52. The lowest BCUT2D eigenvalue weighted by atomic mass is 9.91. The number of likely N-dealkylation sites (N-methyl/N-ethyl adjacent to an activating group) is 1. The van der Waals surface area contributed by atoms with E-state index in [0.29, 0.717) is 25.8 Å². The Morgan fingerprint density at radius 2 is 1.82 bits per heavy atom. The standard InChI is InChI=1S/C26H34N4O3S/c1-17(2)23(34)26(33)30-13-11-20(14-18-8-5-4-6-9-18)22(30)25(32)29-21(24(31)27-3)15-19-10-7-12-28-16-19/h4-10,12,16-17,20-23,34H,11,13-15H2,1-3H3,(H,27,31)(H,29,32)/t20-,21+,22-,23-/m0/s1. The molecule has 2 heterocycles. The van der Waals surface area contributed by atoms with E-state index >= 15 is 0 Å². The van der Waals surface area contributed by atoms with Crippen molar-refractivity contribution in [2.45, 2.75) is 50.4 Å². The van der Waals surface area contributed by atoms with Gasteiger partial charge < -0.3 is 15.5 Å². The van der Waals surface area contributed by atoms with Gasteiger partial charge in [0.25, 0.3) is 0 Å². The number of pyridine rings is 1. The van der Waals surface area contributed by atoms with Gasteiger partial charge in [-0.2, -0.15) is 12.6 Å². The fourth-order valence-electron chi connectivity index (χ4n) is 4.44. The number of rotatable bonds is 9. The lowest BCUT2D eigenvalue weighted by Gasteiger charge is -2.31. The van der Waals surface area contributed by atoms with Crippen molar-refractivity contribution in [3.8, 4) is 0 Å². The second kappa shape index (κ2) is 12.0. The molecule has 1 aliphatic rings. The average molecular weight is 483 g/mol. The van der Waals surface area contributed by atoms with E-state index in [9.17, 15) is 14.4 Å². The first kappa shape index (κ1) is 25.7. The van der Waals surface area contributed by atoms with Crippen molar-refractivity contribution >= 4 is 30.4 Å². The highest BCUT2D eigenvalue weighted by Gasteiger charge is 2.44. The van der Waals surface area contributed by atoms with Gasteiger partial charge in [-0.1, -0.05) is 50.2 Å². The molecular weight excluding hydrogens is 448 g/mol. The number of amides is 3. The summed E-state index contributed by atoms with van der Waals surface area (Å²) in [5.74, 6) is -0.756. The van der Waals surface area contributed by atoms with Crippen molar-refractivity contribution in [1.29, 1.82) is 0 Å². The molecule has 1 fully saturated rings. The lowest BCUT2D eigenvalue weighted by Crippen LogP contribution is -2.56. The summed E-state index contributed by atoms with van der Waals surface area (Å²) in [7, 11) is 1.54. The highest BCUT2D eigenvalue weighted by Crippen LogP contribution is 2.30. The van der Waals surface area contributed by atoms with Crippen LogP contribution < -0.4 is 10.6 Å². The number of carbonyl (C=O) groups is 3. The topological polar surface area (TPSA) is 91.4 Å². The van der Waals surface area contributed by atoms with Crippen LogP contribution in [0.3, 0.4) is 0 Å². The number of hydrogen-bond acceptors (Lipinski definition) is 5. The van der Waals surface area contributed by atoms with Crippen molar-refractivity contribution < 1.29 is 14.4 Å². The Morgan fingerprint density at radius 1 is 1.12 bits per heavy atom. The molecule has 2 aromatic rings. The van der Waals surface area contributed by atoms with Crippen LogP contribution in [0.25, 0.3) is 0 Å². The number of likely N-dealkylation sites (tertiary alicyclic amines) is 1. The SMILES string of the molecule is CNC(=O)[C@@H](Cc1cccnc1)NC(=O)[C@@H]1[C@H](Cc2ccccc2)CCN1C(=O)[C@@H](S)C(C)C. The molecule has 182 valence electrons. The summed E-state index contributed by atoms with van der Waals surface area (Å²) in [5.41, 5.74) is 1.95. The maximum Gasteiger partial charge on any atom is 0.243 e. The van der Waals surface area contributed by atoms with Crippen LogP contribution in [0.1, 0.15) is 31.4 Å². The monoisotopic (exact) mass is 482 g/mol. The van der Waals surface area contributed by atoms with Gasteiger partial charge in [-0.05, 0) is 41.9 Å². The van der Waals surface area contributed by atoms with Gasteiger partial charge in [-0.25, -0.2) is 0 Å². The van der Waals surface area contributed by atoms with Crippen LogP contribution in [-0.4, -0.2) is 58.5 Å². The van der Waals surface area contributed by atoms with Crippen LogP contribution in [0.4, 0.5) is 0 Å². The Labute approximate surface area is 207 Å². The van der Waals surface area contributed by atoms with E-state index in [2.05, 4.69) is 28.2 Å². The Hall–Kier alpha value is -2.87. The van der Waals surface area contributed by atoms with Crippen LogP contribution in [0.15, 0.2) is 54.9 Å². The summed E-state index contributed by atoms with van der Waals surface area (Å²) in [4.78, 5) is 45.3. The van der Waals surface area contributed by atoms with Gasteiger partial charge in [0.2, 0.25) is 17.7 Å². The van der Waals surface area contributed by atoms with Crippen molar-refractivity contribution in [2.75, 3.05) is 13.6 Å². The molecule has 34 heavy (non-hydrogen) atoms. The molecule has 0 saturated carbocycles.